The second-order valence-electron chi connectivity index (χ2n) is 4.97. The fraction of sp³-hybridized carbons (Fsp3) is 0.333. The van der Waals surface area contributed by atoms with E-state index in [0.717, 1.165) is 29.4 Å². The zero-order valence-electron chi connectivity index (χ0n) is 11.0. The van der Waals surface area contributed by atoms with Crippen LogP contribution in [0.1, 0.15) is 12.0 Å². The van der Waals surface area contributed by atoms with E-state index in [-0.39, 0.29) is 11.9 Å². The number of likely N-dealkylation sites (N-methyl/N-ethyl adjacent to an activating group) is 1. The third-order valence-corrected chi connectivity index (χ3v) is 3.68. The SMILES string of the molecule is CN1CCC(NCc2cccc3cccnc23)C1=O. The van der Waals surface area contributed by atoms with Gasteiger partial charge < -0.3 is 10.2 Å². The lowest BCUT2D eigenvalue weighted by molar-refractivity contribution is -0.128. The van der Waals surface area contributed by atoms with Crippen LogP contribution in [0.3, 0.4) is 0 Å². The number of fused-ring (bicyclic) bond motifs is 1. The van der Waals surface area contributed by atoms with Crippen molar-refractivity contribution in [2.75, 3.05) is 13.6 Å². The van der Waals surface area contributed by atoms with Crippen LogP contribution >= 0.6 is 0 Å². The van der Waals surface area contributed by atoms with Crippen LogP contribution in [0.25, 0.3) is 10.9 Å². The molecular formula is C15H17N3O. The zero-order valence-corrected chi connectivity index (χ0v) is 11.0. The predicted molar refractivity (Wildman–Crippen MR) is 74.6 cm³/mol. The monoisotopic (exact) mass is 255 g/mol. The van der Waals surface area contributed by atoms with Gasteiger partial charge in [0, 0.05) is 31.7 Å². The first kappa shape index (κ1) is 12.1. The van der Waals surface area contributed by atoms with Gasteiger partial charge in [0.05, 0.1) is 11.6 Å². The molecule has 19 heavy (non-hydrogen) atoms. The highest BCUT2D eigenvalue weighted by molar-refractivity contribution is 5.84. The van der Waals surface area contributed by atoms with Crippen LogP contribution in [-0.2, 0) is 11.3 Å². The van der Waals surface area contributed by atoms with E-state index >= 15 is 0 Å². The number of benzene rings is 1. The number of likely N-dealkylation sites (tertiary alicyclic amines) is 1. The number of hydrogen-bond acceptors (Lipinski definition) is 3. The molecule has 1 amide bonds. The van der Waals surface area contributed by atoms with Crippen molar-refractivity contribution in [3.63, 3.8) is 0 Å². The van der Waals surface area contributed by atoms with E-state index in [2.05, 4.69) is 28.5 Å². The highest BCUT2D eigenvalue weighted by Gasteiger charge is 2.28. The number of rotatable bonds is 3. The van der Waals surface area contributed by atoms with Crippen molar-refractivity contribution in [3.05, 3.63) is 42.1 Å². The number of pyridine rings is 1. The Morgan fingerprint density at radius 1 is 1.37 bits per heavy atom. The van der Waals surface area contributed by atoms with Crippen molar-refractivity contribution < 1.29 is 4.79 Å². The van der Waals surface area contributed by atoms with E-state index in [0.29, 0.717) is 6.54 Å². The third-order valence-electron chi connectivity index (χ3n) is 3.68. The van der Waals surface area contributed by atoms with Gasteiger partial charge >= 0.3 is 0 Å². The zero-order chi connectivity index (χ0) is 13.2. The number of nitrogens with zero attached hydrogens (tertiary/aromatic N) is 2. The Hall–Kier alpha value is -1.94. The minimum atomic E-state index is -0.0519. The van der Waals surface area contributed by atoms with E-state index in [4.69, 9.17) is 0 Å². The molecule has 0 aliphatic carbocycles. The first-order chi connectivity index (χ1) is 9.25. The fourth-order valence-electron chi connectivity index (χ4n) is 2.56. The Labute approximate surface area is 112 Å². The van der Waals surface area contributed by atoms with Crippen LogP contribution in [0.4, 0.5) is 0 Å². The van der Waals surface area contributed by atoms with Gasteiger partial charge in [0.15, 0.2) is 0 Å². The quantitative estimate of drug-likeness (QED) is 0.905. The van der Waals surface area contributed by atoms with Crippen LogP contribution < -0.4 is 5.32 Å². The summed E-state index contributed by atoms with van der Waals surface area (Å²) in [4.78, 5) is 18.0. The molecule has 0 spiro atoms. The molecule has 0 bridgehead atoms. The number of nitrogens with one attached hydrogen (secondary N) is 1. The molecule has 0 radical (unpaired) electrons. The van der Waals surface area contributed by atoms with Crippen molar-refractivity contribution in [2.45, 2.75) is 19.0 Å². The average Bonchev–Trinajstić information content (AvgIpc) is 2.76. The Morgan fingerprint density at radius 3 is 3.00 bits per heavy atom. The van der Waals surface area contributed by atoms with Gasteiger partial charge in [-0.05, 0) is 18.1 Å². The summed E-state index contributed by atoms with van der Waals surface area (Å²) in [6.07, 6.45) is 2.69. The lowest BCUT2D eigenvalue weighted by Gasteiger charge is -2.13. The summed E-state index contributed by atoms with van der Waals surface area (Å²) in [6.45, 7) is 1.52. The number of hydrogen-bond donors (Lipinski definition) is 1. The maximum atomic E-state index is 11.8. The molecule has 1 unspecified atom stereocenters. The fourth-order valence-corrected chi connectivity index (χ4v) is 2.56. The maximum Gasteiger partial charge on any atom is 0.239 e. The summed E-state index contributed by atoms with van der Waals surface area (Å²) in [5, 5.41) is 4.47. The Balaban J connectivity index is 1.77. The molecule has 4 heteroatoms. The summed E-state index contributed by atoms with van der Waals surface area (Å²) < 4.78 is 0. The van der Waals surface area contributed by atoms with E-state index in [9.17, 15) is 4.79 Å². The predicted octanol–water partition coefficient (Wildman–Crippen LogP) is 1.56. The van der Waals surface area contributed by atoms with Gasteiger partial charge in [0.25, 0.3) is 0 Å². The standard InChI is InChI=1S/C15H17N3O/c1-18-9-7-13(15(18)19)17-10-12-5-2-4-11-6-3-8-16-14(11)12/h2-6,8,13,17H,7,9-10H2,1H3. The van der Waals surface area contributed by atoms with Gasteiger partial charge in [-0.2, -0.15) is 0 Å². The van der Waals surface area contributed by atoms with Crippen molar-refractivity contribution in [2.24, 2.45) is 0 Å². The topological polar surface area (TPSA) is 45.2 Å². The number of carbonyl (C=O) groups excluding carboxylic acids is 1. The lowest BCUT2D eigenvalue weighted by Crippen LogP contribution is -2.36. The molecule has 0 saturated carbocycles. The number of para-hydroxylation sites is 1. The molecule has 2 aromatic rings. The summed E-state index contributed by atoms with van der Waals surface area (Å²) in [6, 6.07) is 10.1. The van der Waals surface area contributed by atoms with E-state index in [1.807, 2.05) is 19.2 Å². The normalized spacial score (nSPS) is 19.3. The largest absolute Gasteiger partial charge is 0.344 e. The van der Waals surface area contributed by atoms with Gasteiger partial charge in [0.1, 0.15) is 0 Å². The van der Waals surface area contributed by atoms with Crippen LogP contribution in [0, 0.1) is 0 Å². The Kier molecular flexibility index (Phi) is 3.17. The molecule has 98 valence electrons. The van der Waals surface area contributed by atoms with Gasteiger partial charge in [-0.3, -0.25) is 9.78 Å². The molecule has 1 aromatic carbocycles. The minimum Gasteiger partial charge on any atom is -0.344 e. The van der Waals surface area contributed by atoms with Crippen molar-refractivity contribution >= 4 is 16.8 Å². The first-order valence-corrected chi connectivity index (χ1v) is 6.57. The van der Waals surface area contributed by atoms with Crippen molar-refractivity contribution in [3.8, 4) is 0 Å². The molecule has 3 rings (SSSR count). The Morgan fingerprint density at radius 2 is 2.21 bits per heavy atom. The summed E-state index contributed by atoms with van der Waals surface area (Å²) in [5.74, 6) is 0.188. The molecule has 2 heterocycles. The van der Waals surface area contributed by atoms with Crippen LogP contribution in [-0.4, -0.2) is 35.4 Å². The smallest absolute Gasteiger partial charge is 0.239 e. The van der Waals surface area contributed by atoms with Gasteiger partial charge in [-0.1, -0.05) is 24.3 Å². The molecule has 1 aliphatic heterocycles. The average molecular weight is 255 g/mol. The highest BCUT2D eigenvalue weighted by atomic mass is 16.2. The molecule has 1 N–H and O–H groups in total. The second-order valence-corrected chi connectivity index (χ2v) is 4.97. The molecule has 1 saturated heterocycles. The van der Waals surface area contributed by atoms with E-state index in [1.54, 1.807) is 11.1 Å². The van der Waals surface area contributed by atoms with Crippen LogP contribution in [0.2, 0.25) is 0 Å². The van der Waals surface area contributed by atoms with Crippen LogP contribution in [0.15, 0.2) is 36.5 Å². The molecular weight excluding hydrogens is 238 g/mol. The van der Waals surface area contributed by atoms with Gasteiger partial charge in [-0.25, -0.2) is 0 Å². The summed E-state index contributed by atoms with van der Waals surface area (Å²) in [7, 11) is 1.85. The van der Waals surface area contributed by atoms with Crippen LogP contribution in [0.5, 0.6) is 0 Å². The molecule has 1 aromatic heterocycles. The summed E-state index contributed by atoms with van der Waals surface area (Å²) in [5.41, 5.74) is 2.15. The second kappa shape index (κ2) is 4.97. The molecule has 4 nitrogen and oxygen atoms in total. The summed E-state index contributed by atoms with van der Waals surface area (Å²) >= 11 is 0. The number of amides is 1. The number of aromatic nitrogens is 1. The van der Waals surface area contributed by atoms with Crippen molar-refractivity contribution in [1.29, 1.82) is 0 Å². The Bertz CT molecular complexity index is 606. The highest BCUT2D eigenvalue weighted by Crippen LogP contribution is 2.16. The minimum absolute atomic E-state index is 0.0519. The van der Waals surface area contributed by atoms with Crippen molar-refractivity contribution in [1.82, 2.24) is 15.2 Å². The molecule has 1 fully saturated rings. The lowest BCUT2D eigenvalue weighted by atomic mass is 10.1. The van der Waals surface area contributed by atoms with E-state index in [1.165, 1.54) is 0 Å². The molecule has 1 aliphatic rings. The first-order valence-electron chi connectivity index (χ1n) is 6.57. The maximum absolute atomic E-state index is 11.8. The van der Waals surface area contributed by atoms with E-state index < -0.39 is 0 Å². The van der Waals surface area contributed by atoms with Gasteiger partial charge in [0.2, 0.25) is 5.91 Å². The molecule has 1 atom stereocenters. The third kappa shape index (κ3) is 2.31. The van der Waals surface area contributed by atoms with Gasteiger partial charge in [-0.15, -0.1) is 0 Å². The number of carbonyl (C=O) groups is 1.